The Labute approximate surface area is 289 Å². The maximum atomic E-state index is 6.88. The van der Waals surface area contributed by atoms with Crippen LogP contribution in [0.4, 0.5) is 0 Å². The van der Waals surface area contributed by atoms with Crippen LogP contribution in [-0.4, -0.2) is 14.5 Å². The number of fused-ring (bicyclic) bond motifs is 16. The maximum Gasteiger partial charge on any atom is 0.238 e. The third-order valence-electron chi connectivity index (χ3n) is 10.6. The van der Waals surface area contributed by atoms with E-state index in [1.807, 2.05) is 30.3 Å². The summed E-state index contributed by atoms with van der Waals surface area (Å²) in [5.41, 5.74) is 6.76. The van der Waals surface area contributed by atoms with Crippen LogP contribution in [0.1, 0.15) is 0 Å². The Bertz CT molecular complexity index is 3440. The molecule has 0 fully saturated rings. The summed E-state index contributed by atoms with van der Waals surface area (Å²) in [6, 6.07) is 53.0. The highest BCUT2D eigenvalue weighted by molar-refractivity contribution is 6.36. The number of benzene rings is 8. The first-order valence-corrected chi connectivity index (χ1v) is 17.2. The van der Waals surface area contributed by atoms with Crippen molar-refractivity contribution in [2.75, 3.05) is 0 Å². The molecule has 0 atom stereocenters. The fraction of sp³-hybridized carbons (Fsp3) is 0. The third kappa shape index (κ3) is 3.59. The first-order valence-electron chi connectivity index (χ1n) is 17.2. The number of rotatable bonds is 2. The van der Waals surface area contributed by atoms with Crippen molar-refractivity contribution in [3.05, 3.63) is 152 Å². The second-order valence-electron chi connectivity index (χ2n) is 13.3. The number of aromatic nitrogens is 3. The summed E-state index contributed by atoms with van der Waals surface area (Å²) < 4.78 is 15.7. The van der Waals surface area contributed by atoms with Gasteiger partial charge in [-0.2, -0.15) is 4.98 Å². The molecule has 51 heavy (non-hydrogen) atoms. The lowest BCUT2D eigenvalue weighted by Crippen LogP contribution is -2.03. The topological polar surface area (TPSA) is 57.0 Å². The molecule has 0 radical (unpaired) electrons. The predicted molar refractivity (Wildman–Crippen MR) is 209 cm³/mol. The number of para-hydroxylation sites is 2. The van der Waals surface area contributed by atoms with Crippen LogP contribution in [0.2, 0.25) is 0 Å². The largest absolute Gasteiger partial charge is 0.454 e. The average molecular weight is 652 g/mol. The molecule has 5 nitrogen and oxygen atoms in total. The van der Waals surface area contributed by atoms with Crippen LogP contribution in [0.5, 0.6) is 0 Å². The zero-order valence-corrected chi connectivity index (χ0v) is 27.1. The minimum absolute atomic E-state index is 0.526. The third-order valence-corrected chi connectivity index (χ3v) is 10.6. The first kappa shape index (κ1) is 26.9. The van der Waals surface area contributed by atoms with Crippen LogP contribution in [-0.2, 0) is 0 Å². The van der Waals surface area contributed by atoms with Crippen LogP contribution in [0.25, 0.3) is 115 Å². The highest BCUT2D eigenvalue weighted by atomic mass is 16.3. The summed E-state index contributed by atoms with van der Waals surface area (Å²) in [7, 11) is 0. The van der Waals surface area contributed by atoms with Crippen molar-refractivity contribution in [1.82, 2.24) is 14.5 Å². The fourth-order valence-corrected chi connectivity index (χ4v) is 8.39. The van der Waals surface area contributed by atoms with Gasteiger partial charge in [-0.25, -0.2) is 4.98 Å². The predicted octanol–water partition coefficient (Wildman–Crippen LogP) is 12.5. The van der Waals surface area contributed by atoms with E-state index >= 15 is 0 Å². The number of furan rings is 2. The van der Waals surface area contributed by atoms with Crippen LogP contribution >= 0.6 is 0 Å². The molecule has 12 aromatic rings. The van der Waals surface area contributed by atoms with E-state index in [4.69, 9.17) is 18.8 Å². The van der Waals surface area contributed by atoms with E-state index in [-0.39, 0.29) is 0 Å². The van der Waals surface area contributed by atoms with Crippen molar-refractivity contribution in [3.63, 3.8) is 0 Å². The smallest absolute Gasteiger partial charge is 0.238 e. The van der Waals surface area contributed by atoms with Gasteiger partial charge in [-0.15, -0.1) is 0 Å². The van der Waals surface area contributed by atoms with Gasteiger partial charge in [0, 0.05) is 37.9 Å². The van der Waals surface area contributed by atoms with Gasteiger partial charge in [0.1, 0.15) is 16.7 Å². The standard InChI is InChI=1S/C46H25N3O2/c1-2-13-28-25-29(22-21-26(28)11-1)41-40-34-18-8-10-20-37(34)51-45(40)48-46(47-41)49-42-30-14-4-3-12-27(30)23-24-35(42)38-31-15-5-6-16-32(31)39-33-17-7-9-19-36(33)50-44(39)43(38)49/h1-25H. The molecule has 5 heteroatoms. The Balaban J connectivity index is 1.33. The molecule has 4 aromatic heterocycles. The molecule has 0 saturated carbocycles. The zero-order chi connectivity index (χ0) is 33.2. The normalized spacial score (nSPS) is 12.3. The monoisotopic (exact) mass is 651 g/mol. The molecule has 0 spiro atoms. The van der Waals surface area contributed by atoms with E-state index < -0.39 is 0 Å². The summed E-state index contributed by atoms with van der Waals surface area (Å²) in [6.07, 6.45) is 0. The van der Waals surface area contributed by atoms with Crippen LogP contribution in [0.3, 0.4) is 0 Å². The van der Waals surface area contributed by atoms with Crippen LogP contribution < -0.4 is 0 Å². The summed E-state index contributed by atoms with van der Waals surface area (Å²) >= 11 is 0. The molecular weight excluding hydrogens is 627 g/mol. The Morgan fingerprint density at radius 3 is 1.82 bits per heavy atom. The Hall–Kier alpha value is -6.98. The van der Waals surface area contributed by atoms with Crippen molar-refractivity contribution < 1.29 is 8.83 Å². The minimum Gasteiger partial charge on any atom is -0.454 e. The van der Waals surface area contributed by atoms with Crippen LogP contribution in [0, 0.1) is 0 Å². The summed E-state index contributed by atoms with van der Waals surface area (Å²) in [5.74, 6) is 0.526. The Morgan fingerprint density at radius 2 is 1.02 bits per heavy atom. The minimum atomic E-state index is 0.526. The summed E-state index contributed by atoms with van der Waals surface area (Å²) in [4.78, 5) is 10.8. The number of hydrogen-bond donors (Lipinski definition) is 0. The molecule has 4 heterocycles. The molecule has 0 aliphatic carbocycles. The highest BCUT2D eigenvalue weighted by Gasteiger charge is 2.27. The van der Waals surface area contributed by atoms with Gasteiger partial charge in [0.15, 0.2) is 5.58 Å². The molecule has 0 unspecified atom stereocenters. The van der Waals surface area contributed by atoms with E-state index in [0.29, 0.717) is 11.7 Å². The summed E-state index contributed by atoms with van der Waals surface area (Å²) in [6.45, 7) is 0. The van der Waals surface area contributed by atoms with Crippen molar-refractivity contribution in [1.29, 1.82) is 0 Å². The molecule has 0 amide bonds. The van der Waals surface area contributed by atoms with Gasteiger partial charge in [0.05, 0.1) is 16.6 Å². The van der Waals surface area contributed by atoms with Gasteiger partial charge in [-0.1, -0.05) is 133 Å². The molecule has 0 bridgehead atoms. The average Bonchev–Trinajstić information content (AvgIpc) is 3.87. The molecular formula is C46H25N3O2. The molecule has 0 aliphatic heterocycles. The first-order chi connectivity index (χ1) is 25.3. The van der Waals surface area contributed by atoms with Gasteiger partial charge >= 0.3 is 0 Å². The zero-order valence-electron chi connectivity index (χ0n) is 27.1. The van der Waals surface area contributed by atoms with Crippen molar-refractivity contribution in [3.8, 4) is 17.2 Å². The van der Waals surface area contributed by atoms with E-state index in [1.165, 1.54) is 5.39 Å². The lowest BCUT2D eigenvalue weighted by atomic mass is 9.98. The SMILES string of the molecule is c1ccc2cc(-c3nc(-n4c5c6ccccc6ccc5c5c6ccccc6c6c7ccccc7oc6c54)nc4oc5ccccc5c34)ccc2c1. The van der Waals surface area contributed by atoms with Crippen molar-refractivity contribution in [2.24, 2.45) is 0 Å². The number of nitrogens with zero attached hydrogens (tertiary/aromatic N) is 3. The van der Waals surface area contributed by atoms with E-state index in [1.54, 1.807) is 0 Å². The van der Waals surface area contributed by atoms with Gasteiger partial charge in [-0.05, 0) is 45.1 Å². The molecule has 0 saturated heterocycles. The fourth-order valence-electron chi connectivity index (χ4n) is 8.39. The van der Waals surface area contributed by atoms with E-state index in [2.05, 4.69) is 126 Å². The van der Waals surface area contributed by atoms with Crippen molar-refractivity contribution in [2.45, 2.75) is 0 Å². The lowest BCUT2D eigenvalue weighted by Gasteiger charge is -2.12. The molecule has 0 N–H and O–H groups in total. The van der Waals surface area contributed by atoms with E-state index in [0.717, 1.165) is 98.3 Å². The molecule has 236 valence electrons. The Kier molecular flexibility index (Phi) is 5.17. The second kappa shape index (κ2) is 9.80. The van der Waals surface area contributed by atoms with Gasteiger partial charge in [-0.3, -0.25) is 4.57 Å². The van der Waals surface area contributed by atoms with Gasteiger partial charge < -0.3 is 8.83 Å². The quantitative estimate of drug-likeness (QED) is 0.187. The molecule has 0 aliphatic rings. The van der Waals surface area contributed by atoms with Gasteiger partial charge in [0.2, 0.25) is 11.7 Å². The van der Waals surface area contributed by atoms with E-state index in [9.17, 15) is 0 Å². The molecule has 8 aromatic carbocycles. The molecule has 12 rings (SSSR count). The summed E-state index contributed by atoms with van der Waals surface area (Å²) in [5, 5.41) is 13.2. The lowest BCUT2D eigenvalue weighted by molar-refractivity contribution is 0.651. The highest BCUT2D eigenvalue weighted by Crippen LogP contribution is 2.47. The second-order valence-corrected chi connectivity index (χ2v) is 13.3. The van der Waals surface area contributed by atoms with Crippen LogP contribution in [0.15, 0.2) is 160 Å². The Morgan fingerprint density at radius 1 is 0.412 bits per heavy atom. The number of hydrogen-bond acceptors (Lipinski definition) is 4. The maximum absolute atomic E-state index is 6.88. The van der Waals surface area contributed by atoms with Gasteiger partial charge in [0.25, 0.3) is 0 Å². The van der Waals surface area contributed by atoms with Crippen molar-refractivity contribution >= 4 is 98.1 Å².